The van der Waals surface area contributed by atoms with Crippen LogP contribution in [0.25, 0.3) is 10.8 Å². The number of nitro benzene ring substituents is 2. The minimum atomic E-state index is -4.97. The minimum Gasteiger partial charge on any atom is -0.350 e. The highest BCUT2D eigenvalue weighted by Gasteiger charge is 2.26. The minimum absolute atomic E-state index is 0.136. The van der Waals surface area contributed by atoms with Gasteiger partial charge in [-0.25, -0.2) is 0 Å². The van der Waals surface area contributed by atoms with Gasteiger partial charge in [0.25, 0.3) is 15.8 Å². The number of halogens is 1. The summed E-state index contributed by atoms with van der Waals surface area (Å²) in [6.07, 6.45) is 0. The van der Waals surface area contributed by atoms with Gasteiger partial charge in [0.05, 0.1) is 26.5 Å². The Morgan fingerprint density at radius 3 is 2.05 bits per heavy atom. The van der Waals surface area contributed by atoms with Crippen molar-refractivity contribution in [3.63, 3.8) is 0 Å². The van der Waals surface area contributed by atoms with Gasteiger partial charge in [-0.3, -0.25) is 24.8 Å². The fourth-order valence-corrected chi connectivity index (χ4v) is 4.98. The number of nitrogens with zero attached hydrogens (tertiary/aromatic N) is 4. The molecular formula is C23H18FN5O10S2. The lowest BCUT2D eigenvalue weighted by atomic mass is 10.0. The lowest BCUT2D eigenvalue weighted by Gasteiger charge is -2.20. The number of benzene rings is 4. The van der Waals surface area contributed by atoms with E-state index >= 15 is 0 Å². The van der Waals surface area contributed by atoms with Crippen molar-refractivity contribution >= 4 is 65.9 Å². The molecule has 0 amide bonds. The van der Waals surface area contributed by atoms with Crippen LogP contribution in [0.4, 0.5) is 38.5 Å². The monoisotopic (exact) mass is 607 g/mol. The smallest absolute Gasteiger partial charge is 0.311 e. The predicted octanol–water partition coefficient (Wildman–Crippen LogP) is 7.09. The summed E-state index contributed by atoms with van der Waals surface area (Å²) in [4.78, 5) is 19.2. The molecule has 41 heavy (non-hydrogen) atoms. The normalized spacial score (nSPS) is 12.5. The Bertz CT molecular complexity index is 1880. The molecule has 18 heteroatoms. The maximum absolute atomic E-state index is 14.2. The largest absolute Gasteiger partial charge is 0.350 e. The molecule has 0 aliphatic rings. The quantitative estimate of drug-likeness (QED) is 0.0586. The lowest BCUT2D eigenvalue weighted by molar-refractivity contribution is -0.395. The van der Waals surface area contributed by atoms with Crippen molar-refractivity contribution in [2.24, 2.45) is 10.2 Å². The second kappa shape index (κ2) is 10.8. The van der Waals surface area contributed by atoms with Crippen molar-refractivity contribution < 1.29 is 40.9 Å². The molecule has 0 aliphatic carbocycles. The number of azo groups is 1. The van der Waals surface area contributed by atoms with E-state index in [2.05, 4.69) is 15.5 Å². The number of rotatable bonds is 8. The van der Waals surface area contributed by atoms with Crippen molar-refractivity contribution in [3.8, 4) is 0 Å². The summed E-state index contributed by atoms with van der Waals surface area (Å²) in [5.41, 5.74) is -2.21. The third kappa shape index (κ3) is 6.27. The summed E-state index contributed by atoms with van der Waals surface area (Å²) in [7, 11) is -9.02. The van der Waals surface area contributed by atoms with Crippen LogP contribution in [-0.4, -0.2) is 36.5 Å². The van der Waals surface area contributed by atoms with Gasteiger partial charge < -0.3 is 19.0 Å². The van der Waals surface area contributed by atoms with Crippen LogP contribution in [0.5, 0.6) is 0 Å². The summed E-state index contributed by atoms with van der Waals surface area (Å²) >= 11 is 0. The maximum Gasteiger partial charge on any atom is 0.311 e. The molecule has 0 saturated heterocycles. The van der Waals surface area contributed by atoms with E-state index in [0.717, 1.165) is 17.7 Å². The van der Waals surface area contributed by atoms with Crippen LogP contribution in [0.2, 0.25) is 0 Å². The first kappa shape index (κ1) is 29.4. The average molecular weight is 608 g/mol. The fraction of sp³-hybridized carbons (Fsp3) is 0.0435. The molecular weight excluding hydrogens is 589 g/mol. The Morgan fingerprint density at radius 1 is 0.805 bits per heavy atom. The van der Waals surface area contributed by atoms with E-state index in [9.17, 15) is 51.2 Å². The summed E-state index contributed by atoms with van der Waals surface area (Å²) in [6, 6.07) is 11.3. The molecule has 214 valence electrons. The molecule has 0 spiro atoms. The number of aryl methyl sites for hydroxylation is 1. The van der Waals surface area contributed by atoms with E-state index in [1.165, 1.54) is 30.3 Å². The van der Waals surface area contributed by atoms with Gasteiger partial charge in [-0.1, -0.05) is 12.1 Å². The van der Waals surface area contributed by atoms with E-state index in [1.54, 1.807) is 13.0 Å². The Hall–Kier alpha value is -4.59. The molecule has 4 rings (SSSR count). The van der Waals surface area contributed by atoms with E-state index < -0.39 is 58.6 Å². The molecule has 0 aliphatic heterocycles. The van der Waals surface area contributed by atoms with Gasteiger partial charge in [0.15, 0.2) is 0 Å². The van der Waals surface area contributed by atoms with Crippen molar-refractivity contribution in [2.45, 2.75) is 16.7 Å². The first-order valence-electron chi connectivity index (χ1n) is 11.0. The second-order valence-corrected chi connectivity index (χ2v) is 11.3. The van der Waals surface area contributed by atoms with Gasteiger partial charge in [-0.15, -0.1) is 10.2 Å². The molecule has 0 atom stereocenters. The number of nitro groups is 2. The van der Waals surface area contributed by atoms with Gasteiger partial charge >= 0.3 is 5.69 Å². The van der Waals surface area contributed by atoms with Crippen molar-refractivity contribution in [1.29, 1.82) is 0 Å². The van der Waals surface area contributed by atoms with Crippen LogP contribution in [0.15, 0.2) is 80.7 Å². The predicted molar refractivity (Wildman–Crippen MR) is 146 cm³/mol. The van der Waals surface area contributed by atoms with Crippen molar-refractivity contribution in [2.75, 3.05) is 5.32 Å². The summed E-state index contributed by atoms with van der Waals surface area (Å²) < 4.78 is 77.1. The average Bonchev–Trinajstić information content (AvgIpc) is 2.87. The Morgan fingerprint density at radius 2 is 1.44 bits per heavy atom. The molecule has 0 radical (unpaired) electrons. The van der Waals surface area contributed by atoms with Crippen molar-refractivity contribution in [3.05, 3.63) is 92.3 Å². The zero-order chi connectivity index (χ0) is 30.3. The Labute approximate surface area is 231 Å². The Balaban J connectivity index is 1.78. The van der Waals surface area contributed by atoms with E-state index in [1.807, 2.05) is 0 Å². The summed E-state index contributed by atoms with van der Waals surface area (Å²) in [5.74, 6) is -1.39. The van der Waals surface area contributed by atoms with E-state index in [-0.39, 0.29) is 22.0 Å². The lowest BCUT2D eigenvalue weighted by Crippen LogP contribution is -2.03. The number of nitrogens with one attached hydrogen (secondary N) is 1. The number of fused-ring (bicyclic) bond motifs is 1. The van der Waals surface area contributed by atoms with Gasteiger partial charge in [0.1, 0.15) is 27.1 Å². The highest BCUT2D eigenvalue weighted by atomic mass is 32.3. The second-order valence-electron chi connectivity index (χ2n) is 8.45. The third-order valence-electron chi connectivity index (χ3n) is 5.74. The number of hydrogen-bond acceptors (Lipinski definition) is 12. The molecule has 0 unspecified atom stereocenters. The Kier molecular flexibility index (Phi) is 7.72. The van der Waals surface area contributed by atoms with Crippen LogP contribution in [-0.2, 0) is 10.1 Å². The van der Waals surface area contributed by atoms with Gasteiger partial charge in [-0.2, -0.15) is 12.8 Å². The van der Waals surface area contributed by atoms with Crippen LogP contribution in [0.3, 0.4) is 0 Å². The SMILES string of the molecule is Cc1ccc(N=Nc2ccc(Nc3cc(F)c([N+](=O)[O-])cc3[N+](=O)[O-])cc2S(=O)(=O)O)c2cc(S(O)(O)O)ccc12. The molecule has 0 saturated carbocycles. The maximum atomic E-state index is 14.2. The first-order valence-corrected chi connectivity index (χ1v) is 14.0. The van der Waals surface area contributed by atoms with Gasteiger partial charge in [0, 0.05) is 17.1 Å². The van der Waals surface area contributed by atoms with Crippen LogP contribution < -0.4 is 5.32 Å². The highest BCUT2D eigenvalue weighted by Crippen LogP contribution is 2.46. The van der Waals surface area contributed by atoms with Crippen LogP contribution in [0.1, 0.15) is 5.56 Å². The third-order valence-corrected chi connectivity index (χ3v) is 7.51. The standard InChI is InChI=1S/C23H18FN5O10S2/c1-12-2-6-18(16-9-14(40(34,35)36)4-5-15(12)16)26-27-19-7-3-13(8-23(19)41(37,38)39)25-20-10-17(24)21(28(30)31)11-22(20)29(32)33/h2-11,25,34-36H,1H3,(H,37,38,39). The fourth-order valence-electron chi connectivity index (χ4n) is 3.81. The van der Waals surface area contributed by atoms with Crippen LogP contribution in [0, 0.1) is 33.0 Å². The molecule has 4 aromatic rings. The van der Waals surface area contributed by atoms with Crippen LogP contribution >= 0.6 is 10.9 Å². The first-order chi connectivity index (χ1) is 19.1. The molecule has 4 aromatic carbocycles. The van der Waals surface area contributed by atoms with E-state index in [4.69, 9.17) is 0 Å². The van der Waals surface area contributed by atoms with Gasteiger partial charge in [-0.05, 0) is 54.3 Å². The molecule has 0 heterocycles. The molecule has 15 nitrogen and oxygen atoms in total. The molecule has 0 aromatic heterocycles. The van der Waals surface area contributed by atoms with Crippen molar-refractivity contribution in [1.82, 2.24) is 0 Å². The van der Waals surface area contributed by atoms with Gasteiger partial charge in [0.2, 0.25) is 5.82 Å². The molecule has 0 bridgehead atoms. The summed E-state index contributed by atoms with van der Waals surface area (Å²) in [6.45, 7) is 1.77. The topological polar surface area (TPSA) is 238 Å². The zero-order valence-corrected chi connectivity index (χ0v) is 22.1. The highest BCUT2D eigenvalue weighted by molar-refractivity contribution is 8.19. The number of anilines is 2. The number of hydrogen-bond donors (Lipinski definition) is 5. The summed E-state index contributed by atoms with van der Waals surface area (Å²) in [5, 5.41) is 33.6. The van der Waals surface area contributed by atoms with E-state index in [0.29, 0.717) is 22.9 Å². The molecule has 0 fully saturated rings. The zero-order valence-electron chi connectivity index (χ0n) is 20.5. The molecule has 5 N–H and O–H groups in total.